The second kappa shape index (κ2) is 9.65. The van der Waals surface area contributed by atoms with Crippen molar-refractivity contribution in [3.05, 3.63) is 45.7 Å². The van der Waals surface area contributed by atoms with Crippen LogP contribution in [-0.2, 0) is 32.0 Å². The highest BCUT2D eigenvalue weighted by Crippen LogP contribution is 2.65. The molecule has 0 amide bonds. The summed E-state index contributed by atoms with van der Waals surface area (Å²) < 4.78 is 0. The fourth-order valence-corrected chi connectivity index (χ4v) is 7.71. The maximum Gasteiger partial charge on any atom is 0.203 e. The molecule has 1 fully saturated rings. The van der Waals surface area contributed by atoms with Gasteiger partial charge in [0.05, 0.1) is 5.56 Å². The Kier molecular flexibility index (Phi) is 7.22. The Morgan fingerprint density at radius 2 is 1.68 bits per heavy atom. The van der Waals surface area contributed by atoms with E-state index in [1.165, 1.54) is 0 Å². The largest absolute Gasteiger partial charge is 0.508 e. The summed E-state index contributed by atoms with van der Waals surface area (Å²) in [5, 5.41) is 46.2. The molecule has 0 heterocycles. The lowest BCUT2D eigenvalue weighted by molar-refractivity contribution is -0.178. The fraction of sp³-hybridized carbons (Fsp3) is 0.576. The number of hydrogen-bond acceptors (Lipinski definition) is 8. The number of carbonyl (C=O) groups excluding carboxylic acids is 4. The Hall–Kier alpha value is -3.26. The van der Waals surface area contributed by atoms with Crippen LogP contribution in [-0.4, -0.2) is 49.2 Å². The molecule has 0 radical (unpaired) electrons. The van der Waals surface area contributed by atoms with Crippen LogP contribution in [0.2, 0.25) is 0 Å². The van der Waals surface area contributed by atoms with Gasteiger partial charge in [-0.05, 0) is 43.1 Å². The molecule has 222 valence electrons. The monoisotopic (exact) mass is 566 g/mol. The minimum absolute atomic E-state index is 0.0155. The highest BCUT2D eigenvalue weighted by molar-refractivity contribution is 6.24. The minimum atomic E-state index is -2.65. The second-order valence-corrected chi connectivity index (χ2v) is 14.3. The Morgan fingerprint density at radius 3 is 2.22 bits per heavy atom. The fourth-order valence-electron chi connectivity index (χ4n) is 7.71. The van der Waals surface area contributed by atoms with Gasteiger partial charge in [0.2, 0.25) is 5.78 Å². The third-order valence-corrected chi connectivity index (χ3v) is 9.50. The predicted octanol–water partition coefficient (Wildman–Crippen LogP) is 5.13. The Labute approximate surface area is 241 Å². The van der Waals surface area contributed by atoms with Crippen LogP contribution >= 0.6 is 0 Å². The van der Waals surface area contributed by atoms with Crippen molar-refractivity contribution in [2.75, 3.05) is 0 Å². The van der Waals surface area contributed by atoms with E-state index >= 15 is 0 Å². The number of aliphatic hydroxyl groups is 3. The summed E-state index contributed by atoms with van der Waals surface area (Å²) in [5.74, 6) is -5.62. The van der Waals surface area contributed by atoms with Crippen molar-refractivity contribution >= 4 is 28.9 Å². The van der Waals surface area contributed by atoms with Crippen molar-refractivity contribution in [1.82, 2.24) is 0 Å². The second-order valence-electron chi connectivity index (χ2n) is 14.3. The number of Topliss-reactive ketones (excluding diaryl/α,β-unsaturated/α-hetero) is 4. The van der Waals surface area contributed by atoms with E-state index in [1.807, 2.05) is 20.8 Å². The number of rotatable bonds is 6. The van der Waals surface area contributed by atoms with Crippen molar-refractivity contribution < 1.29 is 39.6 Å². The first-order chi connectivity index (χ1) is 18.7. The molecule has 4 N–H and O–H groups in total. The van der Waals surface area contributed by atoms with Gasteiger partial charge in [0.15, 0.2) is 17.2 Å². The van der Waals surface area contributed by atoms with E-state index < -0.39 is 56.8 Å². The molecule has 8 heteroatoms. The molecule has 1 saturated carbocycles. The van der Waals surface area contributed by atoms with E-state index in [2.05, 4.69) is 0 Å². The molecule has 41 heavy (non-hydrogen) atoms. The summed E-state index contributed by atoms with van der Waals surface area (Å²) >= 11 is 0. The van der Waals surface area contributed by atoms with Gasteiger partial charge in [0.25, 0.3) is 0 Å². The van der Waals surface area contributed by atoms with Crippen LogP contribution in [0, 0.1) is 28.1 Å². The molecule has 8 nitrogen and oxygen atoms in total. The van der Waals surface area contributed by atoms with Crippen LogP contribution in [0.15, 0.2) is 29.0 Å². The molecule has 0 aliphatic heterocycles. The van der Waals surface area contributed by atoms with E-state index in [4.69, 9.17) is 0 Å². The lowest BCUT2D eigenvalue weighted by Gasteiger charge is -2.59. The van der Waals surface area contributed by atoms with Gasteiger partial charge in [-0.25, -0.2) is 0 Å². The molecule has 3 aliphatic rings. The number of aromatic hydroxyl groups is 1. The Bertz CT molecular complexity index is 1440. The molecule has 4 rings (SSSR count). The molecular weight excluding hydrogens is 524 g/mol. The highest BCUT2D eigenvalue weighted by Gasteiger charge is 2.72. The summed E-state index contributed by atoms with van der Waals surface area (Å²) in [7, 11) is 0. The number of benzene rings is 1. The molecule has 1 aromatic carbocycles. The predicted molar refractivity (Wildman–Crippen MR) is 153 cm³/mol. The smallest absolute Gasteiger partial charge is 0.203 e. The number of allylic oxidation sites excluding steroid dienone is 1. The van der Waals surface area contributed by atoms with Crippen LogP contribution in [0.25, 0.3) is 5.76 Å². The van der Waals surface area contributed by atoms with Gasteiger partial charge in [0.1, 0.15) is 28.6 Å². The summed E-state index contributed by atoms with van der Waals surface area (Å²) in [6.07, 6.45) is 1.20. The molecular formula is C33H42O8. The molecule has 1 unspecified atom stereocenters. The number of aliphatic hydroxyl groups excluding tert-OH is 2. The molecule has 3 aliphatic carbocycles. The van der Waals surface area contributed by atoms with Gasteiger partial charge in [-0.3, -0.25) is 19.2 Å². The van der Waals surface area contributed by atoms with E-state index in [0.29, 0.717) is 24.0 Å². The number of hydrogen-bond donors (Lipinski definition) is 4. The molecule has 4 atom stereocenters. The van der Waals surface area contributed by atoms with Gasteiger partial charge in [-0.2, -0.15) is 0 Å². The van der Waals surface area contributed by atoms with Gasteiger partial charge < -0.3 is 20.4 Å². The van der Waals surface area contributed by atoms with E-state index in [1.54, 1.807) is 39.8 Å². The Balaban J connectivity index is 1.89. The van der Waals surface area contributed by atoms with Crippen molar-refractivity contribution in [3.8, 4) is 5.75 Å². The van der Waals surface area contributed by atoms with Gasteiger partial charge in [-0.1, -0.05) is 60.6 Å². The summed E-state index contributed by atoms with van der Waals surface area (Å²) in [5.41, 5.74) is -5.12. The van der Waals surface area contributed by atoms with Crippen molar-refractivity contribution in [2.45, 2.75) is 93.1 Å². The first kappa shape index (κ1) is 30.7. The maximum atomic E-state index is 14.3. The highest BCUT2D eigenvalue weighted by atomic mass is 16.3. The molecule has 1 aromatic rings. The zero-order chi connectivity index (χ0) is 31.0. The molecule has 0 saturated heterocycles. The third kappa shape index (κ3) is 4.46. The van der Waals surface area contributed by atoms with Crippen molar-refractivity contribution in [3.63, 3.8) is 0 Å². The van der Waals surface area contributed by atoms with E-state index in [-0.39, 0.29) is 53.3 Å². The quantitative estimate of drug-likeness (QED) is 0.346. The number of phenolic OH excluding ortho intramolecular Hbond substituents is 1. The maximum absolute atomic E-state index is 14.3. The number of fused-ring (bicyclic) bond motifs is 3. The van der Waals surface area contributed by atoms with Crippen molar-refractivity contribution in [2.24, 2.45) is 28.1 Å². The first-order valence-corrected chi connectivity index (χ1v) is 14.3. The average molecular weight is 567 g/mol. The SMILES string of the molecule is CC(=O)C1=C(O)[C@]2(O)C(=O)C3=C(O)c4c(ccc(CC(=O)CCC(C)(C)C)c4O)C[C@]3(C)C[C@]2(C)C(C(C)C)C1=O. The van der Waals surface area contributed by atoms with Gasteiger partial charge in [-0.15, -0.1) is 0 Å². The van der Waals surface area contributed by atoms with Crippen LogP contribution in [0.3, 0.4) is 0 Å². The third-order valence-electron chi connectivity index (χ3n) is 9.50. The molecule has 0 aromatic heterocycles. The summed E-state index contributed by atoms with van der Waals surface area (Å²) in [4.78, 5) is 53.1. The number of ketones is 4. The number of phenols is 1. The Morgan fingerprint density at radius 1 is 1.07 bits per heavy atom. The van der Waals surface area contributed by atoms with Crippen LogP contribution in [0.4, 0.5) is 0 Å². The standard InChI is InChI=1S/C33H42O8/c1-16(2)23-26(37)21(17(3)34)28(39)33(41)29(40)24-27(38)22-19(14-31(24,7)15-32(23,33)8)10-9-18(25(22)36)13-20(35)11-12-30(4,5)6/h9-10,16,23,36,38-39,41H,11-15H2,1-8H3/t23?,31-,32-,33+/m1/s1. The molecule has 0 spiro atoms. The zero-order valence-electron chi connectivity index (χ0n) is 25.3. The van der Waals surface area contributed by atoms with Crippen molar-refractivity contribution in [1.29, 1.82) is 0 Å². The summed E-state index contributed by atoms with van der Waals surface area (Å²) in [6, 6.07) is 3.38. The normalized spacial score (nSPS) is 29.9. The van der Waals surface area contributed by atoms with Gasteiger partial charge >= 0.3 is 0 Å². The van der Waals surface area contributed by atoms with Gasteiger partial charge in [0, 0.05) is 40.7 Å². The van der Waals surface area contributed by atoms with E-state index in [9.17, 15) is 39.6 Å². The lowest BCUT2D eigenvalue weighted by atomic mass is 9.43. The number of carbonyl (C=O) groups is 4. The summed E-state index contributed by atoms with van der Waals surface area (Å²) in [6.45, 7) is 14.1. The topological polar surface area (TPSA) is 149 Å². The average Bonchev–Trinajstić information content (AvgIpc) is 2.81. The minimum Gasteiger partial charge on any atom is -0.508 e. The zero-order valence-corrected chi connectivity index (χ0v) is 25.3. The first-order valence-electron chi connectivity index (χ1n) is 14.3. The van der Waals surface area contributed by atoms with Crippen LogP contribution in [0.5, 0.6) is 5.75 Å². The lowest BCUT2D eigenvalue weighted by Crippen LogP contribution is -2.69. The van der Waals surface area contributed by atoms with Crippen LogP contribution < -0.4 is 0 Å². The van der Waals surface area contributed by atoms with E-state index in [0.717, 1.165) is 6.92 Å². The van der Waals surface area contributed by atoms with Crippen LogP contribution in [0.1, 0.15) is 91.3 Å². The molecule has 0 bridgehead atoms.